The number of hydrogen-bond donors (Lipinski definition) is 2. The zero-order valence-electron chi connectivity index (χ0n) is 27.1. The predicted octanol–water partition coefficient (Wildman–Crippen LogP) is 6.88. The second-order valence-electron chi connectivity index (χ2n) is 10.4. The van der Waals surface area contributed by atoms with Gasteiger partial charge < -0.3 is 20.4 Å². The standard InChI is InChI=1S/C33H46FN7.C2H6/c1-6-28(3)37-22-25-41(24-14-11-20-35)33-29-17-15-16-27(2)30(34)18-9-7-12-21-36-26-31(29)38-32(39-33)19-10-8-13-23-40(4)5;1-2/h6,9,18,22,25,36-37H,1,3,8,10-11,13-17,19,21,23-24,26H2,2,4-5H3;1-2H3/b18-9-,25-22-,30-27+;. The fourth-order valence-corrected chi connectivity index (χ4v) is 4.34. The molecule has 0 atom stereocenters. The van der Waals surface area contributed by atoms with Crippen molar-refractivity contribution in [3.63, 3.8) is 0 Å². The molecule has 0 unspecified atom stereocenters. The minimum absolute atomic E-state index is 0.236. The first-order valence-electron chi connectivity index (χ1n) is 15.5. The van der Waals surface area contributed by atoms with Gasteiger partial charge in [0.25, 0.3) is 0 Å². The van der Waals surface area contributed by atoms with Crippen molar-refractivity contribution in [3.8, 4) is 17.9 Å². The van der Waals surface area contributed by atoms with Gasteiger partial charge in [-0.15, -0.1) is 0 Å². The van der Waals surface area contributed by atoms with Gasteiger partial charge in [0.2, 0.25) is 0 Å². The van der Waals surface area contributed by atoms with Crippen LogP contribution >= 0.6 is 0 Å². The van der Waals surface area contributed by atoms with Crippen LogP contribution in [-0.2, 0) is 19.4 Å². The summed E-state index contributed by atoms with van der Waals surface area (Å²) in [5.74, 6) is 7.34. The number of nitrogens with one attached hydrogen (secondary N) is 2. The Balaban J connectivity index is 0.00000452. The van der Waals surface area contributed by atoms with Gasteiger partial charge in [-0.25, -0.2) is 14.4 Å². The van der Waals surface area contributed by atoms with E-state index in [0.29, 0.717) is 56.6 Å². The van der Waals surface area contributed by atoms with Crippen LogP contribution in [0.2, 0.25) is 0 Å². The van der Waals surface area contributed by atoms with E-state index in [1.165, 1.54) is 6.08 Å². The molecule has 0 saturated heterocycles. The van der Waals surface area contributed by atoms with Gasteiger partial charge in [0.1, 0.15) is 17.5 Å². The predicted molar refractivity (Wildman–Crippen MR) is 179 cm³/mol. The Hall–Kier alpha value is -3.72. The largest absolute Gasteiger partial charge is 0.361 e. The van der Waals surface area contributed by atoms with Crippen LogP contribution in [0.15, 0.2) is 60.9 Å². The number of halogens is 1. The van der Waals surface area contributed by atoms with E-state index >= 15 is 0 Å². The van der Waals surface area contributed by atoms with Crippen molar-refractivity contribution in [2.45, 2.75) is 85.1 Å². The van der Waals surface area contributed by atoms with E-state index in [4.69, 9.17) is 9.97 Å². The zero-order valence-corrected chi connectivity index (χ0v) is 27.1. The SMILES string of the molecule is C=CC(=C)N/C=C\N(CCCC#N)c1nc(CCCCCN(C)C)nc2c1CCC/C(C)=C(F)\C=C/C#CCNC2.CC. The van der Waals surface area contributed by atoms with E-state index in [-0.39, 0.29) is 5.83 Å². The van der Waals surface area contributed by atoms with Crippen molar-refractivity contribution in [2.24, 2.45) is 0 Å². The van der Waals surface area contributed by atoms with Crippen molar-refractivity contribution in [3.05, 3.63) is 78.0 Å². The second kappa shape index (κ2) is 22.8. The summed E-state index contributed by atoms with van der Waals surface area (Å²) in [6.45, 7) is 16.2. The highest BCUT2D eigenvalue weighted by atomic mass is 19.1. The number of allylic oxidation sites excluding steroid dienone is 5. The van der Waals surface area contributed by atoms with Crippen LogP contribution in [0, 0.1) is 23.2 Å². The molecule has 2 rings (SSSR count). The summed E-state index contributed by atoms with van der Waals surface area (Å²) >= 11 is 0. The molecule has 1 aliphatic heterocycles. The van der Waals surface area contributed by atoms with Gasteiger partial charge in [0.15, 0.2) is 0 Å². The number of rotatable bonds is 14. The summed E-state index contributed by atoms with van der Waals surface area (Å²) in [4.78, 5) is 14.4. The molecule has 1 aliphatic rings. The number of hydrogen-bond acceptors (Lipinski definition) is 7. The van der Waals surface area contributed by atoms with Crippen LogP contribution in [0.4, 0.5) is 10.2 Å². The number of anilines is 1. The second-order valence-corrected chi connectivity index (χ2v) is 10.4. The molecule has 0 amide bonds. The summed E-state index contributed by atoms with van der Waals surface area (Å²) in [6, 6.07) is 2.25. The van der Waals surface area contributed by atoms with E-state index in [9.17, 15) is 9.65 Å². The van der Waals surface area contributed by atoms with Crippen molar-refractivity contribution < 1.29 is 4.39 Å². The maximum Gasteiger partial charge on any atom is 0.139 e. The fourth-order valence-electron chi connectivity index (χ4n) is 4.34. The average molecular weight is 590 g/mol. The third-order valence-electron chi connectivity index (χ3n) is 6.66. The van der Waals surface area contributed by atoms with E-state index < -0.39 is 0 Å². The van der Waals surface area contributed by atoms with Gasteiger partial charge >= 0.3 is 0 Å². The minimum atomic E-state index is -0.236. The smallest absolute Gasteiger partial charge is 0.139 e. The first-order chi connectivity index (χ1) is 20.8. The van der Waals surface area contributed by atoms with Gasteiger partial charge in [-0.3, -0.25) is 0 Å². The molecule has 234 valence electrons. The third-order valence-corrected chi connectivity index (χ3v) is 6.66. The van der Waals surface area contributed by atoms with Crippen LogP contribution in [0.25, 0.3) is 0 Å². The Labute approximate surface area is 260 Å². The number of aryl methyl sites for hydroxylation is 1. The maximum atomic E-state index is 14.5. The van der Waals surface area contributed by atoms with Crippen LogP contribution in [-0.4, -0.2) is 48.6 Å². The van der Waals surface area contributed by atoms with Crippen LogP contribution < -0.4 is 15.5 Å². The van der Waals surface area contributed by atoms with Crippen LogP contribution in [0.5, 0.6) is 0 Å². The number of nitrogens with zero attached hydrogens (tertiary/aromatic N) is 5. The number of fused-ring (bicyclic) bond motifs is 1. The molecular weight excluding hydrogens is 537 g/mol. The quantitative estimate of drug-likeness (QED) is 0.139. The van der Waals surface area contributed by atoms with Crippen molar-refractivity contribution in [1.82, 2.24) is 25.5 Å². The molecule has 0 aromatic carbocycles. The summed E-state index contributed by atoms with van der Waals surface area (Å²) in [5.41, 5.74) is 3.36. The van der Waals surface area contributed by atoms with Crippen molar-refractivity contribution in [1.29, 1.82) is 5.26 Å². The minimum Gasteiger partial charge on any atom is -0.361 e. The summed E-state index contributed by atoms with van der Waals surface area (Å²) in [7, 11) is 4.19. The van der Waals surface area contributed by atoms with Gasteiger partial charge in [-0.2, -0.15) is 5.26 Å². The molecule has 1 aromatic rings. The Morgan fingerprint density at radius 2 is 1.98 bits per heavy atom. The Morgan fingerprint density at radius 1 is 1.19 bits per heavy atom. The molecule has 2 heterocycles. The highest BCUT2D eigenvalue weighted by Gasteiger charge is 2.19. The van der Waals surface area contributed by atoms with Gasteiger partial charge in [0.05, 0.1) is 18.3 Å². The Morgan fingerprint density at radius 3 is 2.70 bits per heavy atom. The average Bonchev–Trinajstić information content (AvgIpc) is 3.00. The molecule has 0 bridgehead atoms. The molecule has 7 nitrogen and oxygen atoms in total. The van der Waals surface area contributed by atoms with Gasteiger partial charge in [0, 0.05) is 49.6 Å². The van der Waals surface area contributed by atoms with Crippen molar-refractivity contribution in [2.75, 3.05) is 38.6 Å². The van der Waals surface area contributed by atoms with Crippen LogP contribution in [0.3, 0.4) is 0 Å². The topological polar surface area (TPSA) is 80.1 Å². The Bertz CT molecular complexity index is 1200. The molecular formula is C35H52FN7. The Kier molecular flexibility index (Phi) is 19.8. The van der Waals surface area contributed by atoms with E-state index in [1.54, 1.807) is 12.2 Å². The highest BCUT2D eigenvalue weighted by Crippen LogP contribution is 2.26. The molecule has 0 saturated carbocycles. The normalized spacial score (nSPS) is 16.0. The van der Waals surface area contributed by atoms with Crippen LogP contribution in [0.1, 0.15) is 82.8 Å². The zero-order chi connectivity index (χ0) is 31.9. The monoisotopic (exact) mass is 589 g/mol. The molecule has 0 spiro atoms. The summed E-state index contributed by atoms with van der Waals surface area (Å²) in [5, 5.41) is 15.7. The molecule has 43 heavy (non-hydrogen) atoms. The molecule has 2 N–H and O–H groups in total. The van der Waals surface area contributed by atoms with E-state index in [1.807, 2.05) is 33.2 Å². The molecule has 0 aliphatic carbocycles. The molecule has 0 fully saturated rings. The van der Waals surface area contributed by atoms with Gasteiger partial charge in [-0.05, 0) is 89.9 Å². The lowest BCUT2D eigenvalue weighted by molar-refractivity contribution is 0.391. The third kappa shape index (κ3) is 15.4. The van der Waals surface area contributed by atoms with E-state index in [2.05, 4.69) is 65.6 Å². The number of unbranched alkanes of at least 4 members (excludes halogenated alkanes) is 3. The lowest BCUT2D eigenvalue weighted by Crippen LogP contribution is -2.25. The maximum absolute atomic E-state index is 14.5. The lowest BCUT2D eigenvalue weighted by atomic mass is 10.0. The number of aromatic nitrogens is 2. The summed E-state index contributed by atoms with van der Waals surface area (Å²) < 4.78 is 14.5. The molecule has 0 radical (unpaired) electrons. The first-order valence-corrected chi connectivity index (χ1v) is 15.5. The highest BCUT2D eigenvalue weighted by molar-refractivity contribution is 5.52. The number of nitriles is 1. The molecule has 8 heteroatoms. The first kappa shape index (κ1) is 37.3. The fraction of sp³-hybridized carbons (Fsp3) is 0.514. The lowest BCUT2D eigenvalue weighted by Gasteiger charge is -2.25. The summed E-state index contributed by atoms with van der Waals surface area (Å²) in [6.07, 6.45) is 15.6. The van der Waals surface area contributed by atoms with E-state index in [0.717, 1.165) is 61.5 Å². The van der Waals surface area contributed by atoms with Gasteiger partial charge in [-0.1, -0.05) is 45.3 Å². The molecule has 1 aromatic heterocycles. The van der Waals surface area contributed by atoms with Crippen molar-refractivity contribution >= 4 is 5.82 Å².